The third-order valence-corrected chi connectivity index (χ3v) is 4.79. The van der Waals surface area contributed by atoms with Crippen molar-refractivity contribution >= 4 is 40.8 Å². The average Bonchev–Trinajstić information content (AvgIpc) is 3.16. The lowest BCUT2D eigenvalue weighted by molar-refractivity contribution is 0.134. The van der Waals surface area contributed by atoms with Crippen molar-refractivity contribution in [3.8, 4) is 0 Å². The molecule has 2 aromatic rings. The normalized spacial score (nSPS) is 20.5. The molecule has 25 heavy (non-hydrogen) atoms. The first kappa shape index (κ1) is 20.0. The van der Waals surface area contributed by atoms with Gasteiger partial charge < -0.3 is 20.7 Å². The summed E-state index contributed by atoms with van der Waals surface area (Å²) in [5, 5.41) is 17.5. The molecule has 1 heterocycles. The van der Waals surface area contributed by atoms with Crippen molar-refractivity contribution in [2.45, 2.75) is 31.8 Å². The molecule has 5 nitrogen and oxygen atoms in total. The number of aliphatic imine (C=N–C) groups is 1. The van der Waals surface area contributed by atoms with E-state index < -0.39 is 0 Å². The van der Waals surface area contributed by atoms with Crippen molar-refractivity contribution in [3.63, 3.8) is 0 Å². The first-order valence-corrected chi connectivity index (χ1v) is 8.55. The van der Waals surface area contributed by atoms with Crippen molar-refractivity contribution < 1.29 is 9.50 Å². The summed E-state index contributed by atoms with van der Waals surface area (Å²) < 4.78 is 13.2. The monoisotopic (exact) mass is 460 g/mol. The predicted octanol–water partition coefficient (Wildman–Crippen LogP) is 2.79. The van der Waals surface area contributed by atoms with E-state index in [1.807, 2.05) is 12.3 Å². The zero-order valence-corrected chi connectivity index (χ0v) is 16.7. The zero-order valence-electron chi connectivity index (χ0n) is 14.4. The molecule has 0 spiro atoms. The number of hydrogen-bond donors (Lipinski definition) is 4. The molecule has 1 aliphatic rings. The molecular formula is C18H26FIN4O. The Bertz CT molecular complexity index is 718. The molecule has 1 aliphatic carbocycles. The fraction of sp³-hybridized carbons (Fsp3) is 0.500. The first-order valence-electron chi connectivity index (χ1n) is 8.55. The number of guanidine groups is 1. The summed E-state index contributed by atoms with van der Waals surface area (Å²) >= 11 is 0. The lowest BCUT2D eigenvalue weighted by atomic mass is 10.1. The third kappa shape index (κ3) is 5.07. The quantitative estimate of drug-likeness (QED) is 0.315. The van der Waals surface area contributed by atoms with E-state index in [0.717, 1.165) is 61.2 Å². The fourth-order valence-corrected chi connectivity index (χ4v) is 3.38. The molecule has 7 heteroatoms. The molecule has 2 atom stereocenters. The van der Waals surface area contributed by atoms with Gasteiger partial charge >= 0.3 is 0 Å². The molecule has 0 bridgehead atoms. The van der Waals surface area contributed by atoms with E-state index in [1.54, 1.807) is 7.05 Å². The highest BCUT2D eigenvalue weighted by atomic mass is 127. The highest BCUT2D eigenvalue weighted by Crippen LogP contribution is 2.24. The van der Waals surface area contributed by atoms with Gasteiger partial charge in [-0.2, -0.15) is 0 Å². The van der Waals surface area contributed by atoms with E-state index in [2.05, 4.69) is 20.6 Å². The Labute approximate surface area is 164 Å². The summed E-state index contributed by atoms with van der Waals surface area (Å²) in [5.74, 6) is 0.833. The number of fused-ring (bicyclic) bond motifs is 1. The number of benzene rings is 1. The van der Waals surface area contributed by atoms with Crippen LogP contribution in [0.5, 0.6) is 0 Å². The zero-order chi connectivity index (χ0) is 16.9. The van der Waals surface area contributed by atoms with Crippen LogP contribution < -0.4 is 10.6 Å². The Hall–Kier alpha value is -1.35. The second kappa shape index (κ2) is 9.38. The van der Waals surface area contributed by atoms with E-state index in [-0.39, 0.29) is 35.9 Å². The maximum Gasteiger partial charge on any atom is 0.190 e. The summed E-state index contributed by atoms with van der Waals surface area (Å²) in [6.45, 7) is 1.48. The summed E-state index contributed by atoms with van der Waals surface area (Å²) in [7, 11) is 1.74. The molecule has 0 saturated heterocycles. The van der Waals surface area contributed by atoms with Crippen LogP contribution in [0.3, 0.4) is 0 Å². The SMILES string of the molecule is CN=C(NCCc1c[nH]c2cc(F)ccc12)NCC1CCCC1O.I. The largest absolute Gasteiger partial charge is 0.393 e. The second-order valence-corrected chi connectivity index (χ2v) is 6.39. The molecular weight excluding hydrogens is 434 g/mol. The minimum absolute atomic E-state index is 0. The summed E-state index contributed by atoms with van der Waals surface area (Å²) in [6.07, 6.45) is 5.62. The van der Waals surface area contributed by atoms with Gasteiger partial charge in [0.15, 0.2) is 5.96 Å². The Balaban J connectivity index is 0.00000225. The molecule has 0 aliphatic heterocycles. The van der Waals surface area contributed by atoms with E-state index >= 15 is 0 Å². The Morgan fingerprint density at radius 3 is 2.92 bits per heavy atom. The number of rotatable bonds is 5. The molecule has 4 N–H and O–H groups in total. The predicted molar refractivity (Wildman–Crippen MR) is 110 cm³/mol. The number of nitrogens with zero attached hydrogens (tertiary/aromatic N) is 1. The van der Waals surface area contributed by atoms with Crippen molar-refractivity contribution in [1.82, 2.24) is 15.6 Å². The summed E-state index contributed by atoms with van der Waals surface area (Å²) in [4.78, 5) is 7.33. The van der Waals surface area contributed by atoms with Gasteiger partial charge in [0.1, 0.15) is 5.82 Å². The standard InChI is InChI=1S/C18H25FN4O.HI/c1-20-18(23-11-13-3-2-4-17(13)24)21-8-7-12-10-22-16-9-14(19)5-6-15(12)16;/h5-6,9-10,13,17,22,24H,2-4,7-8,11H2,1H3,(H2,20,21,23);1H. The number of aromatic nitrogens is 1. The number of H-pyrrole nitrogens is 1. The van der Waals surface area contributed by atoms with Gasteiger partial charge in [-0.05, 0) is 43.0 Å². The minimum atomic E-state index is -0.229. The molecule has 1 fully saturated rings. The lowest BCUT2D eigenvalue weighted by Gasteiger charge is -2.17. The average molecular weight is 460 g/mol. The van der Waals surface area contributed by atoms with Gasteiger partial charge in [0, 0.05) is 43.2 Å². The topological polar surface area (TPSA) is 72.4 Å². The summed E-state index contributed by atoms with van der Waals surface area (Å²) in [5.41, 5.74) is 1.97. The van der Waals surface area contributed by atoms with E-state index in [9.17, 15) is 9.50 Å². The highest BCUT2D eigenvalue weighted by molar-refractivity contribution is 14.0. The molecule has 1 saturated carbocycles. The number of aromatic amines is 1. The Morgan fingerprint density at radius 1 is 1.36 bits per heavy atom. The van der Waals surface area contributed by atoms with Gasteiger partial charge in [0.2, 0.25) is 0 Å². The van der Waals surface area contributed by atoms with Gasteiger partial charge in [0.05, 0.1) is 6.10 Å². The molecule has 0 radical (unpaired) electrons. The van der Waals surface area contributed by atoms with Crippen LogP contribution in [0.1, 0.15) is 24.8 Å². The first-order chi connectivity index (χ1) is 11.7. The van der Waals surface area contributed by atoms with E-state index in [4.69, 9.17) is 0 Å². The third-order valence-electron chi connectivity index (χ3n) is 4.79. The van der Waals surface area contributed by atoms with Crippen LogP contribution >= 0.6 is 24.0 Å². The van der Waals surface area contributed by atoms with Crippen molar-refractivity contribution in [2.24, 2.45) is 10.9 Å². The summed E-state index contributed by atoms with van der Waals surface area (Å²) in [6, 6.07) is 4.81. The van der Waals surface area contributed by atoms with Gasteiger partial charge in [0.25, 0.3) is 0 Å². The van der Waals surface area contributed by atoms with Crippen LogP contribution in [0.4, 0.5) is 4.39 Å². The smallest absolute Gasteiger partial charge is 0.190 e. The molecule has 2 unspecified atom stereocenters. The Morgan fingerprint density at radius 2 is 2.20 bits per heavy atom. The van der Waals surface area contributed by atoms with E-state index in [0.29, 0.717) is 5.92 Å². The number of aliphatic hydroxyl groups is 1. The van der Waals surface area contributed by atoms with Crippen LogP contribution in [0.2, 0.25) is 0 Å². The van der Waals surface area contributed by atoms with Crippen molar-refractivity contribution in [3.05, 3.63) is 35.8 Å². The molecule has 138 valence electrons. The van der Waals surface area contributed by atoms with Crippen LogP contribution in [-0.4, -0.2) is 42.3 Å². The number of nitrogens with one attached hydrogen (secondary N) is 3. The van der Waals surface area contributed by atoms with Crippen LogP contribution in [0.15, 0.2) is 29.4 Å². The lowest BCUT2D eigenvalue weighted by Crippen LogP contribution is -2.41. The highest BCUT2D eigenvalue weighted by Gasteiger charge is 2.24. The number of aliphatic hydroxyl groups excluding tert-OH is 1. The minimum Gasteiger partial charge on any atom is -0.393 e. The number of hydrogen-bond acceptors (Lipinski definition) is 2. The second-order valence-electron chi connectivity index (χ2n) is 6.39. The molecule has 0 amide bonds. The fourth-order valence-electron chi connectivity index (χ4n) is 3.38. The Kier molecular flexibility index (Phi) is 7.49. The van der Waals surface area contributed by atoms with E-state index in [1.165, 1.54) is 12.1 Å². The van der Waals surface area contributed by atoms with Gasteiger partial charge in [-0.15, -0.1) is 24.0 Å². The van der Waals surface area contributed by atoms with Crippen LogP contribution in [-0.2, 0) is 6.42 Å². The number of halogens is 2. The molecule has 3 rings (SSSR count). The van der Waals surface area contributed by atoms with Crippen molar-refractivity contribution in [2.75, 3.05) is 20.1 Å². The van der Waals surface area contributed by atoms with Gasteiger partial charge in [-0.25, -0.2) is 4.39 Å². The van der Waals surface area contributed by atoms with Crippen molar-refractivity contribution in [1.29, 1.82) is 0 Å². The van der Waals surface area contributed by atoms with Crippen LogP contribution in [0.25, 0.3) is 10.9 Å². The maximum atomic E-state index is 13.2. The van der Waals surface area contributed by atoms with Crippen LogP contribution in [0, 0.1) is 11.7 Å². The van der Waals surface area contributed by atoms with Gasteiger partial charge in [-0.3, -0.25) is 4.99 Å². The molecule has 1 aromatic carbocycles. The molecule has 1 aromatic heterocycles. The maximum absolute atomic E-state index is 13.2. The van der Waals surface area contributed by atoms with Gasteiger partial charge in [-0.1, -0.05) is 6.42 Å².